The van der Waals surface area contributed by atoms with E-state index in [1.54, 1.807) is 0 Å². The minimum Gasteiger partial charge on any atom is -0.544 e. The molecule has 2 fully saturated rings. The molecule has 2 heterocycles. The minimum absolute atomic E-state index is 0. The minimum atomic E-state index is -1.55. The normalized spacial score (nSPS) is 41.4. The van der Waals surface area contributed by atoms with Gasteiger partial charge in [-0.1, -0.05) is 12.6 Å². The molecule has 15 nitrogen and oxygen atoms in total. The van der Waals surface area contributed by atoms with Crippen molar-refractivity contribution in [1.82, 2.24) is 0 Å². The molecule has 0 aromatic heterocycles. The second-order valence-electron chi connectivity index (χ2n) is 7.92. The second kappa shape index (κ2) is 14.6. The molecule has 2 aliphatic rings. The molecule has 16 heteroatoms. The van der Waals surface area contributed by atoms with E-state index in [-0.39, 0.29) is 16.8 Å². The maximum Gasteiger partial charge on any atom is 2.00 e. The van der Waals surface area contributed by atoms with E-state index in [1.807, 2.05) is 0 Å². The van der Waals surface area contributed by atoms with Gasteiger partial charge in [0, 0.05) is 6.10 Å². The number of aliphatic hydroxyl groups is 8. The zero-order chi connectivity index (χ0) is 24.9. The van der Waals surface area contributed by atoms with Gasteiger partial charge >= 0.3 is 16.8 Å². The van der Waals surface area contributed by atoms with Gasteiger partial charge in [-0.05, 0) is 6.10 Å². The topological polar surface area (TPSA) is 277 Å². The zero-order valence-electron chi connectivity index (χ0n) is 18.1. The van der Waals surface area contributed by atoms with Gasteiger partial charge in [0.15, 0.2) is 12.6 Å². The van der Waals surface area contributed by atoms with E-state index >= 15 is 0 Å². The summed E-state index contributed by atoms with van der Waals surface area (Å²) in [5, 5.41) is 78.2. The fourth-order valence-corrected chi connectivity index (χ4v) is 3.54. The molecule has 203 valence electrons. The van der Waals surface area contributed by atoms with Crippen LogP contribution >= 0.6 is 0 Å². The predicted molar refractivity (Wildman–Crippen MR) is 107 cm³/mol. The molecule has 0 aliphatic carbocycles. The number of nitrogens with two attached hydrogens (primary N) is 3. The number of rotatable bonds is 11. The molecule has 2 aliphatic heterocycles. The molecule has 14 N–H and O–H groups in total. The van der Waals surface area contributed by atoms with Crippen LogP contribution in [-0.2, 0) is 35.7 Å². The number of aliphatic hydroxyl groups excluding tert-OH is 8. The summed E-state index contributed by atoms with van der Waals surface area (Å²) in [4.78, 5) is 0. The maximum absolute atomic E-state index is 10.6. The van der Waals surface area contributed by atoms with Crippen molar-refractivity contribution in [3.63, 3.8) is 0 Å². The van der Waals surface area contributed by atoms with Gasteiger partial charge in [-0.3, -0.25) is 6.42 Å². The van der Waals surface area contributed by atoms with Crippen LogP contribution < -0.4 is 17.2 Å². The van der Waals surface area contributed by atoms with Gasteiger partial charge in [-0.2, -0.15) is 6.61 Å². The van der Waals surface area contributed by atoms with Crippen LogP contribution in [0.1, 0.15) is 0 Å². The molecule has 0 aromatic rings. The Morgan fingerprint density at radius 1 is 0.882 bits per heavy atom. The van der Waals surface area contributed by atoms with Gasteiger partial charge < -0.3 is 77.0 Å². The van der Waals surface area contributed by atoms with Crippen molar-refractivity contribution in [1.29, 1.82) is 0 Å². The summed E-state index contributed by atoms with van der Waals surface area (Å²) >= 11 is 0. The number of ether oxygens (including phenoxy) is 4. The third-order valence-electron chi connectivity index (χ3n) is 5.60. The van der Waals surface area contributed by atoms with Crippen LogP contribution in [0.25, 0.3) is 0 Å². The maximum atomic E-state index is 10.6. The Balaban J connectivity index is 0.00000578. The molecule has 6 unspecified atom stereocenters. The van der Waals surface area contributed by atoms with Crippen molar-refractivity contribution >= 4 is 0 Å². The molecule has 2 rings (SSSR count). The Kier molecular flexibility index (Phi) is 13.7. The molecule has 0 amide bonds. The molecule has 0 saturated carbocycles. The van der Waals surface area contributed by atoms with E-state index in [0.717, 1.165) is 13.0 Å². The standard InChI is InChI=1S/C18H35N3O12.Co/c19-6(12(26)7(25)1-2-22)5-30-15-8(3-23)32-18(11(21)14(15)28)33-16-9(4-24)31-17(29)10(20)13(16)27;/h1,5-18,22-29H,2-4,19-21H2;/q-2;+2/t6-,7+,8+,9+,10?,11?,12+,13?,14+,15?,16?,17?,18-;/m0./s1. The fourth-order valence-electron chi connectivity index (χ4n) is 3.54. The Labute approximate surface area is 206 Å². The van der Waals surface area contributed by atoms with Crippen molar-refractivity contribution in [2.45, 2.75) is 79.5 Å². The van der Waals surface area contributed by atoms with E-state index in [1.165, 1.54) is 0 Å². The fraction of sp³-hybridized carbons (Fsp3) is 0.889. The Morgan fingerprint density at radius 3 is 2.00 bits per heavy atom. The average molecular weight is 544 g/mol. The van der Waals surface area contributed by atoms with Gasteiger partial charge in [0.05, 0.1) is 37.5 Å². The molecule has 0 aromatic carbocycles. The van der Waals surface area contributed by atoms with Crippen molar-refractivity contribution in [2.75, 3.05) is 19.8 Å². The molecular weight excluding hydrogens is 509 g/mol. The van der Waals surface area contributed by atoms with Crippen LogP contribution in [0.2, 0.25) is 0 Å². The SMILES string of the molecule is NC1C(O)O[C@H](CO)C(O[C@@H]2O[C@H](CO)C(O[CH-][C@H](N)[C@@H](O)[C@H](O)[CH-]CO)[C@H](O)C2N)C1O.[Co+2]. The first-order valence-electron chi connectivity index (χ1n) is 10.4. The molecule has 2 saturated heterocycles. The smallest absolute Gasteiger partial charge is 0.544 e. The Bertz CT molecular complexity index is 582. The van der Waals surface area contributed by atoms with E-state index < -0.39 is 99.4 Å². The molecule has 34 heavy (non-hydrogen) atoms. The first kappa shape index (κ1) is 31.9. The largest absolute Gasteiger partial charge is 2.00 e. The quantitative estimate of drug-likeness (QED) is 0.108. The third kappa shape index (κ3) is 7.46. The first-order valence-corrected chi connectivity index (χ1v) is 10.4. The molecule has 0 bridgehead atoms. The Morgan fingerprint density at radius 2 is 1.44 bits per heavy atom. The molecule has 1 radical (unpaired) electrons. The van der Waals surface area contributed by atoms with E-state index in [0.29, 0.717) is 0 Å². The summed E-state index contributed by atoms with van der Waals surface area (Å²) in [6.45, 7) is -0.870. The second-order valence-corrected chi connectivity index (χ2v) is 7.92. The van der Waals surface area contributed by atoms with Crippen molar-refractivity contribution in [3.05, 3.63) is 13.0 Å². The van der Waals surface area contributed by atoms with Gasteiger partial charge in [0.25, 0.3) is 0 Å². The Hall–Kier alpha value is -0.0935. The van der Waals surface area contributed by atoms with E-state index in [4.69, 9.17) is 41.3 Å². The summed E-state index contributed by atoms with van der Waals surface area (Å²) in [6, 6.07) is -3.78. The summed E-state index contributed by atoms with van der Waals surface area (Å²) in [7, 11) is 0. The average Bonchev–Trinajstić information content (AvgIpc) is 2.80. The third-order valence-corrected chi connectivity index (χ3v) is 5.60. The van der Waals surface area contributed by atoms with Crippen LogP contribution in [0.4, 0.5) is 0 Å². The first-order chi connectivity index (χ1) is 15.6. The van der Waals surface area contributed by atoms with Gasteiger partial charge in [-0.25, -0.2) is 0 Å². The molecular formula is C18H35CoN3O12. The molecule has 13 atom stereocenters. The molecule has 0 spiro atoms. The summed E-state index contributed by atoms with van der Waals surface area (Å²) in [5.74, 6) is 0. The summed E-state index contributed by atoms with van der Waals surface area (Å²) in [6.07, 6.45) is -12.8. The van der Waals surface area contributed by atoms with Gasteiger partial charge in [0.1, 0.15) is 24.4 Å². The van der Waals surface area contributed by atoms with Crippen molar-refractivity contribution in [3.8, 4) is 0 Å². The van der Waals surface area contributed by atoms with Crippen LogP contribution in [0.3, 0.4) is 0 Å². The monoisotopic (exact) mass is 544 g/mol. The van der Waals surface area contributed by atoms with Crippen LogP contribution in [0, 0.1) is 13.0 Å². The van der Waals surface area contributed by atoms with E-state index in [2.05, 4.69) is 0 Å². The predicted octanol–water partition coefficient (Wildman–Crippen LogP) is -7.04. The van der Waals surface area contributed by atoms with Gasteiger partial charge in [0.2, 0.25) is 0 Å². The number of hydrogen-bond acceptors (Lipinski definition) is 15. The number of hydrogen-bond donors (Lipinski definition) is 11. The summed E-state index contributed by atoms with van der Waals surface area (Å²) in [5.41, 5.74) is 17.4. The van der Waals surface area contributed by atoms with Gasteiger partial charge in [-0.15, -0.1) is 0 Å². The summed E-state index contributed by atoms with van der Waals surface area (Å²) < 4.78 is 21.7. The van der Waals surface area contributed by atoms with Crippen LogP contribution in [-0.4, -0.2) is 140 Å². The van der Waals surface area contributed by atoms with E-state index in [9.17, 15) is 35.7 Å². The zero-order valence-corrected chi connectivity index (χ0v) is 19.1. The van der Waals surface area contributed by atoms with Crippen molar-refractivity contribution < 1.29 is 76.6 Å². The van der Waals surface area contributed by atoms with Crippen LogP contribution in [0.5, 0.6) is 0 Å². The van der Waals surface area contributed by atoms with Crippen molar-refractivity contribution in [2.24, 2.45) is 17.2 Å². The van der Waals surface area contributed by atoms with Crippen LogP contribution in [0.15, 0.2) is 0 Å².